The van der Waals surface area contributed by atoms with Crippen LogP contribution in [0.4, 0.5) is 5.69 Å². The molecule has 4 aromatic rings. The summed E-state index contributed by atoms with van der Waals surface area (Å²) < 4.78 is 2.21. The van der Waals surface area contributed by atoms with Gasteiger partial charge in [0.2, 0.25) is 5.91 Å². The summed E-state index contributed by atoms with van der Waals surface area (Å²) in [6.07, 6.45) is 7.83. The summed E-state index contributed by atoms with van der Waals surface area (Å²) in [5.74, 6) is -0.0511. The third-order valence-electron chi connectivity index (χ3n) is 6.08. The summed E-state index contributed by atoms with van der Waals surface area (Å²) in [6.45, 7) is 1.17. The topological polar surface area (TPSA) is 75.1 Å². The predicted molar refractivity (Wildman–Crippen MR) is 140 cm³/mol. The van der Waals surface area contributed by atoms with Crippen molar-refractivity contribution in [2.45, 2.75) is 25.0 Å². The third-order valence-corrected chi connectivity index (χ3v) is 6.43. The Labute approximate surface area is 209 Å². The Morgan fingerprint density at radius 2 is 1.86 bits per heavy atom. The van der Waals surface area contributed by atoms with Crippen LogP contribution in [-0.4, -0.2) is 37.0 Å². The molecule has 1 amide bonds. The van der Waals surface area contributed by atoms with Crippen molar-refractivity contribution in [3.8, 4) is 0 Å². The second-order valence-corrected chi connectivity index (χ2v) is 8.79. The van der Waals surface area contributed by atoms with E-state index in [0.29, 0.717) is 24.6 Å². The number of amides is 1. The first-order valence-corrected chi connectivity index (χ1v) is 12.0. The highest BCUT2D eigenvalue weighted by Gasteiger charge is 2.41. The van der Waals surface area contributed by atoms with Gasteiger partial charge in [-0.1, -0.05) is 30.3 Å². The number of aromatic nitrogens is 3. The van der Waals surface area contributed by atoms with Crippen molar-refractivity contribution in [1.29, 1.82) is 0 Å². The lowest BCUT2D eigenvalue weighted by atomic mass is 10.0. The lowest BCUT2D eigenvalue weighted by molar-refractivity contribution is -0.116. The highest BCUT2D eigenvalue weighted by molar-refractivity contribution is 7.80. The molecule has 35 heavy (non-hydrogen) atoms. The minimum absolute atomic E-state index is 0.0511. The highest BCUT2D eigenvalue weighted by Crippen LogP contribution is 2.39. The Morgan fingerprint density at radius 3 is 2.63 bits per heavy atom. The normalized spacial score (nSPS) is 17.3. The fourth-order valence-electron chi connectivity index (χ4n) is 4.46. The molecule has 1 aromatic carbocycles. The summed E-state index contributed by atoms with van der Waals surface area (Å²) >= 11 is 5.76. The SMILES string of the molecule is O=C(CCN1C(=S)N[C@@H](c2ccccn2)[C@H]1c1cccn1Cc1cccnc1)Nc1ccccc1. The molecule has 1 saturated heterocycles. The van der Waals surface area contributed by atoms with E-state index >= 15 is 0 Å². The quantitative estimate of drug-likeness (QED) is 0.364. The molecule has 0 radical (unpaired) electrons. The van der Waals surface area contributed by atoms with Gasteiger partial charge in [-0.2, -0.15) is 0 Å². The number of thiocarbonyl (C=S) groups is 1. The van der Waals surface area contributed by atoms with Gasteiger partial charge in [0.05, 0.1) is 17.8 Å². The van der Waals surface area contributed by atoms with E-state index in [0.717, 1.165) is 22.6 Å². The van der Waals surface area contributed by atoms with E-state index < -0.39 is 0 Å². The van der Waals surface area contributed by atoms with Crippen LogP contribution in [0, 0.1) is 0 Å². The van der Waals surface area contributed by atoms with Gasteiger partial charge in [-0.05, 0) is 60.2 Å². The van der Waals surface area contributed by atoms with Gasteiger partial charge in [0.1, 0.15) is 0 Å². The Balaban J connectivity index is 1.41. The number of hydrogen-bond acceptors (Lipinski definition) is 4. The first-order chi connectivity index (χ1) is 17.2. The fraction of sp³-hybridized carbons (Fsp3) is 0.185. The lowest BCUT2D eigenvalue weighted by Crippen LogP contribution is -2.33. The number of benzene rings is 1. The molecule has 2 atom stereocenters. The van der Waals surface area contributed by atoms with E-state index in [4.69, 9.17) is 12.2 Å². The van der Waals surface area contributed by atoms with Crippen LogP contribution in [-0.2, 0) is 11.3 Å². The van der Waals surface area contributed by atoms with Gasteiger partial charge in [-0.25, -0.2) is 0 Å². The van der Waals surface area contributed by atoms with Gasteiger partial charge in [-0.15, -0.1) is 0 Å². The Hall–Kier alpha value is -4.04. The minimum Gasteiger partial charge on any atom is -0.352 e. The number of pyridine rings is 2. The van der Waals surface area contributed by atoms with Crippen LogP contribution in [0.5, 0.6) is 0 Å². The van der Waals surface area contributed by atoms with Crippen molar-refractivity contribution >= 4 is 28.9 Å². The van der Waals surface area contributed by atoms with Crippen molar-refractivity contribution in [3.63, 3.8) is 0 Å². The van der Waals surface area contributed by atoms with E-state index in [1.807, 2.05) is 66.9 Å². The van der Waals surface area contributed by atoms with Crippen LogP contribution in [0.3, 0.4) is 0 Å². The van der Waals surface area contributed by atoms with Crippen molar-refractivity contribution in [2.24, 2.45) is 0 Å². The van der Waals surface area contributed by atoms with E-state index in [1.165, 1.54) is 0 Å². The van der Waals surface area contributed by atoms with Crippen LogP contribution < -0.4 is 10.6 Å². The number of nitrogens with zero attached hydrogens (tertiary/aromatic N) is 4. The van der Waals surface area contributed by atoms with Crippen molar-refractivity contribution in [1.82, 2.24) is 24.8 Å². The van der Waals surface area contributed by atoms with Gasteiger partial charge in [-0.3, -0.25) is 14.8 Å². The van der Waals surface area contributed by atoms with E-state index in [-0.39, 0.29) is 18.0 Å². The molecule has 1 aliphatic rings. The summed E-state index contributed by atoms with van der Waals surface area (Å²) in [7, 11) is 0. The average Bonchev–Trinajstić information content (AvgIpc) is 3.47. The fourth-order valence-corrected chi connectivity index (χ4v) is 4.79. The molecule has 1 fully saturated rings. The Bertz CT molecular complexity index is 1280. The molecule has 0 saturated carbocycles. The molecule has 7 nitrogen and oxygen atoms in total. The minimum atomic E-state index is -0.136. The lowest BCUT2D eigenvalue weighted by Gasteiger charge is -2.29. The maximum Gasteiger partial charge on any atom is 0.226 e. The molecule has 0 bridgehead atoms. The first kappa shape index (κ1) is 22.7. The van der Waals surface area contributed by atoms with Crippen molar-refractivity contribution in [3.05, 3.63) is 115 Å². The van der Waals surface area contributed by atoms with Crippen LogP contribution >= 0.6 is 12.2 Å². The highest BCUT2D eigenvalue weighted by atomic mass is 32.1. The Morgan fingerprint density at radius 1 is 1.00 bits per heavy atom. The number of hydrogen-bond donors (Lipinski definition) is 2. The van der Waals surface area contributed by atoms with Crippen LogP contribution in [0.1, 0.15) is 35.5 Å². The maximum absolute atomic E-state index is 12.7. The van der Waals surface area contributed by atoms with E-state index in [2.05, 4.69) is 48.4 Å². The molecule has 4 heterocycles. The molecule has 8 heteroatoms. The molecule has 1 aliphatic heterocycles. The molecular weight excluding hydrogens is 456 g/mol. The standard InChI is InChI=1S/C27H26N6OS/c34-24(30-21-9-2-1-3-10-21)13-17-33-26(25(31-27(33)35)22-11-4-5-15-29-22)23-12-7-16-32(23)19-20-8-6-14-28-18-20/h1-12,14-16,18,25-26H,13,17,19H2,(H,30,34)(H,31,35)/t25-,26+/m0/s1. The summed E-state index contributed by atoms with van der Waals surface area (Å²) in [5.41, 5.74) is 3.90. The molecule has 176 valence electrons. The molecule has 2 N–H and O–H groups in total. The molecule has 0 aliphatic carbocycles. The second kappa shape index (κ2) is 10.5. The number of anilines is 1. The summed E-state index contributed by atoms with van der Waals surface area (Å²) in [4.78, 5) is 23.7. The number of carbonyl (C=O) groups is 1. The van der Waals surface area contributed by atoms with Gasteiger partial charge < -0.3 is 20.1 Å². The molecule has 0 spiro atoms. The molecule has 3 aromatic heterocycles. The van der Waals surface area contributed by atoms with Gasteiger partial charge in [0, 0.05) is 55.7 Å². The monoisotopic (exact) mass is 482 g/mol. The largest absolute Gasteiger partial charge is 0.352 e. The van der Waals surface area contributed by atoms with Crippen LogP contribution in [0.25, 0.3) is 0 Å². The van der Waals surface area contributed by atoms with Crippen molar-refractivity contribution in [2.75, 3.05) is 11.9 Å². The van der Waals surface area contributed by atoms with Gasteiger partial charge in [0.25, 0.3) is 0 Å². The zero-order valence-corrected chi connectivity index (χ0v) is 19.9. The number of rotatable bonds is 8. The number of carbonyl (C=O) groups excluding carboxylic acids is 1. The van der Waals surface area contributed by atoms with Crippen LogP contribution in [0.2, 0.25) is 0 Å². The zero-order chi connectivity index (χ0) is 24.0. The van der Waals surface area contributed by atoms with E-state index in [1.54, 1.807) is 12.4 Å². The third kappa shape index (κ3) is 5.22. The predicted octanol–water partition coefficient (Wildman–Crippen LogP) is 4.33. The first-order valence-electron chi connectivity index (χ1n) is 11.6. The maximum atomic E-state index is 12.7. The smallest absolute Gasteiger partial charge is 0.226 e. The van der Waals surface area contributed by atoms with Gasteiger partial charge >= 0.3 is 0 Å². The molecular formula is C27H26N6OS. The molecule has 0 unspecified atom stereocenters. The summed E-state index contributed by atoms with van der Waals surface area (Å²) in [5, 5.41) is 7.04. The summed E-state index contributed by atoms with van der Waals surface area (Å²) in [6, 6.07) is 23.3. The number of para-hydroxylation sites is 1. The number of nitrogens with one attached hydrogen (secondary N) is 2. The van der Waals surface area contributed by atoms with Crippen LogP contribution in [0.15, 0.2) is 97.6 Å². The average molecular weight is 483 g/mol. The van der Waals surface area contributed by atoms with E-state index in [9.17, 15) is 4.79 Å². The Kier molecular flexibility index (Phi) is 6.81. The van der Waals surface area contributed by atoms with Crippen molar-refractivity contribution < 1.29 is 4.79 Å². The molecule has 5 rings (SSSR count). The second-order valence-electron chi connectivity index (χ2n) is 8.41. The van der Waals surface area contributed by atoms with Gasteiger partial charge in [0.15, 0.2) is 5.11 Å². The zero-order valence-electron chi connectivity index (χ0n) is 19.1.